The molecule has 5 rings (SSSR count). The third-order valence-electron chi connectivity index (χ3n) is 4.92. The lowest BCUT2D eigenvalue weighted by atomic mass is 9.64. The SMILES string of the molecule is O=CC1(c2ccc3c(c2)OCO3)CN2CCC1CC2. The summed E-state index contributed by atoms with van der Waals surface area (Å²) >= 11 is 0. The average molecular weight is 259 g/mol. The number of hydrogen-bond donors (Lipinski definition) is 0. The first-order valence-electron chi connectivity index (χ1n) is 6.91. The number of carbonyl (C=O) groups excluding carboxylic acids is 1. The first-order chi connectivity index (χ1) is 9.32. The van der Waals surface area contributed by atoms with Crippen molar-refractivity contribution in [2.24, 2.45) is 5.92 Å². The normalized spacial score (nSPS) is 35.4. The molecule has 4 aliphatic rings. The molecule has 0 aliphatic carbocycles. The fourth-order valence-corrected chi connectivity index (χ4v) is 3.82. The van der Waals surface area contributed by atoms with Crippen molar-refractivity contribution < 1.29 is 14.3 Å². The van der Waals surface area contributed by atoms with Crippen LogP contribution in [0.25, 0.3) is 0 Å². The smallest absolute Gasteiger partial charge is 0.231 e. The zero-order chi connectivity index (χ0) is 12.9. The van der Waals surface area contributed by atoms with Crippen LogP contribution in [0.5, 0.6) is 11.5 Å². The van der Waals surface area contributed by atoms with Gasteiger partial charge in [0.1, 0.15) is 6.29 Å². The van der Waals surface area contributed by atoms with E-state index in [2.05, 4.69) is 4.90 Å². The van der Waals surface area contributed by atoms with E-state index >= 15 is 0 Å². The highest BCUT2D eigenvalue weighted by Crippen LogP contribution is 2.45. The Hall–Kier alpha value is -1.55. The summed E-state index contributed by atoms with van der Waals surface area (Å²) in [6.45, 7) is 3.39. The van der Waals surface area contributed by atoms with E-state index in [1.54, 1.807) is 0 Å². The van der Waals surface area contributed by atoms with Gasteiger partial charge in [-0.05, 0) is 49.5 Å². The van der Waals surface area contributed by atoms with Gasteiger partial charge in [-0.1, -0.05) is 6.07 Å². The number of carbonyl (C=O) groups is 1. The minimum Gasteiger partial charge on any atom is -0.454 e. The van der Waals surface area contributed by atoms with Crippen LogP contribution < -0.4 is 9.47 Å². The maximum absolute atomic E-state index is 11.9. The fraction of sp³-hybridized carbons (Fsp3) is 0.533. The number of hydrogen-bond acceptors (Lipinski definition) is 4. The van der Waals surface area contributed by atoms with E-state index in [-0.39, 0.29) is 12.2 Å². The number of nitrogens with zero attached hydrogens (tertiary/aromatic N) is 1. The van der Waals surface area contributed by atoms with Crippen LogP contribution in [0, 0.1) is 5.92 Å². The van der Waals surface area contributed by atoms with Gasteiger partial charge in [-0.25, -0.2) is 0 Å². The topological polar surface area (TPSA) is 38.8 Å². The molecule has 0 saturated carbocycles. The van der Waals surface area contributed by atoms with Gasteiger partial charge in [0.05, 0.1) is 5.41 Å². The van der Waals surface area contributed by atoms with E-state index in [1.165, 1.54) is 6.29 Å². The van der Waals surface area contributed by atoms with E-state index < -0.39 is 0 Å². The van der Waals surface area contributed by atoms with Crippen molar-refractivity contribution in [1.82, 2.24) is 4.90 Å². The molecule has 0 N–H and O–H groups in total. The lowest BCUT2D eigenvalue weighted by Gasteiger charge is -2.50. The molecule has 1 unspecified atom stereocenters. The van der Waals surface area contributed by atoms with Gasteiger partial charge in [-0.3, -0.25) is 0 Å². The number of ether oxygens (including phenoxy) is 2. The summed E-state index contributed by atoms with van der Waals surface area (Å²) in [6, 6.07) is 5.96. The van der Waals surface area contributed by atoms with Crippen molar-refractivity contribution in [3.63, 3.8) is 0 Å². The fourth-order valence-electron chi connectivity index (χ4n) is 3.82. The predicted molar refractivity (Wildman–Crippen MR) is 69.5 cm³/mol. The van der Waals surface area contributed by atoms with Crippen LogP contribution in [-0.4, -0.2) is 37.6 Å². The van der Waals surface area contributed by atoms with Crippen molar-refractivity contribution in [2.75, 3.05) is 26.4 Å². The molecule has 1 aromatic rings. The largest absolute Gasteiger partial charge is 0.454 e. The van der Waals surface area contributed by atoms with Crippen LogP contribution >= 0.6 is 0 Å². The lowest BCUT2D eigenvalue weighted by Crippen LogP contribution is -2.58. The van der Waals surface area contributed by atoms with Gasteiger partial charge >= 0.3 is 0 Å². The molecule has 4 nitrogen and oxygen atoms in total. The summed E-state index contributed by atoms with van der Waals surface area (Å²) in [6.07, 6.45) is 3.40. The Balaban J connectivity index is 1.78. The van der Waals surface area contributed by atoms with Crippen LogP contribution in [0.15, 0.2) is 18.2 Å². The van der Waals surface area contributed by atoms with E-state index in [4.69, 9.17) is 9.47 Å². The summed E-state index contributed by atoms with van der Waals surface area (Å²) in [4.78, 5) is 14.3. The van der Waals surface area contributed by atoms with Crippen LogP contribution in [0.1, 0.15) is 18.4 Å². The maximum atomic E-state index is 11.9. The Labute approximate surface area is 112 Å². The minimum absolute atomic E-state index is 0.280. The summed E-state index contributed by atoms with van der Waals surface area (Å²) < 4.78 is 10.8. The van der Waals surface area contributed by atoms with E-state index in [0.29, 0.717) is 5.92 Å². The monoisotopic (exact) mass is 259 g/mol. The average Bonchev–Trinajstić information content (AvgIpc) is 2.95. The molecular weight excluding hydrogens is 242 g/mol. The zero-order valence-electron chi connectivity index (χ0n) is 10.8. The second-order valence-electron chi connectivity index (χ2n) is 5.78. The summed E-state index contributed by atoms with van der Waals surface area (Å²) in [5.41, 5.74) is 0.735. The molecule has 1 aromatic carbocycles. The van der Waals surface area contributed by atoms with Gasteiger partial charge in [0.15, 0.2) is 11.5 Å². The Morgan fingerprint density at radius 3 is 2.68 bits per heavy atom. The highest BCUT2D eigenvalue weighted by Gasteiger charge is 2.48. The molecule has 3 saturated heterocycles. The summed E-state index contributed by atoms with van der Waals surface area (Å²) in [5, 5.41) is 0. The van der Waals surface area contributed by atoms with Crippen molar-refractivity contribution in [3.8, 4) is 11.5 Å². The molecule has 4 aliphatic heterocycles. The Morgan fingerprint density at radius 1 is 1.21 bits per heavy atom. The molecule has 0 radical (unpaired) electrons. The maximum Gasteiger partial charge on any atom is 0.231 e. The summed E-state index contributed by atoms with van der Waals surface area (Å²) in [5.74, 6) is 2.02. The molecule has 0 spiro atoms. The van der Waals surface area contributed by atoms with Crippen LogP contribution in [0.2, 0.25) is 0 Å². The number of fused-ring (bicyclic) bond motifs is 4. The van der Waals surface area contributed by atoms with Gasteiger partial charge in [0.25, 0.3) is 0 Å². The van der Waals surface area contributed by atoms with Crippen LogP contribution in [-0.2, 0) is 10.2 Å². The van der Waals surface area contributed by atoms with Gasteiger partial charge in [-0.2, -0.15) is 0 Å². The quantitative estimate of drug-likeness (QED) is 0.756. The Morgan fingerprint density at radius 2 is 2.00 bits per heavy atom. The second-order valence-corrected chi connectivity index (χ2v) is 5.78. The predicted octanol–water partition coefficient (Wildman–Crippen LogP) is 1.58. The number of aldehydes is 1. The third kappa shape index (κ3) is 1.53. The highest BCUT2D eigenvalue weighted by atomic mass is 16.7. The van der Waals surface area contributed by atoms with Gasteiger partial charge in [0, 0.05) is 6.54 Å². The van der Waals surface area contributed by atoms with Gasteiger partial charge in [-0.15, -0.1) is 0 Å². The molecule has 0 amide bonds. The van der Waals surface area contributed by atoms with E-state index in [9.17, 15) is 4.79 Å². The second kappa shape index (κ2) is 3.97. The summed E-state index contributed by atoms with van der Waals surface area (Å²) in [7, 11) is 0. The van der Waals surface area contributed by atoms with Crippen molar-refractivity contribution in [3.05, 3.63) is 23.8 Å². The molecule has 2 bridgehead atoms. The molecule has 4 heteroatoms. The Kier molecular flexibility index (Phi) is 2.36. The van der Waals surface area contributed by atoms with Gasteiger partial charge in [0.2, 0.25) is 6.79 Å². The van der Waals surface area contributed by atoms with Gasteiger partial charge < -0.3 is 19.2 Å². The first kappa shape index (κ1) is 11.3. The minimum atomic E-state index is -0.350. The molecule has 3 fully saturated rings. The van der Waals surface area contributed by atoms with Crippen molar-refractivity contribution in [1.29, 1.82) is 0 Å². The zero-order valence-corrected chi connectivity index (χ0v) is 10.8. The van der Waals surface area contributed by atoms with Crippen LogP contribution in [0.4, 0.5) is 0 Å². The molecule has 19 heavy (non-hydrogen) atoms. The van der Waals surface area contributed by atoms with Crippen molar-refractivity contribution >= 4 is 6.29 Å². The highest BCUT2D eigenvalue weighted by molar-refractivity contribution is 5.71. The molecule has 4 heterocycles. The number of rotatable bonds is 2. The molecular formula is C15H17NO3. The molecule has 0 aromatic heterocycles. The number of benzene rings is 1. The van der Waals surface area contributed by atoms with Crippen LogP contribution in [0.3, 0.4) is 0 Å². The number of piperidine rings is 3. The first-order valence-corrected chi connectivity index (χ1v) is 6.91. The lowest BCUT2D eigenvalue weighted by molar-refractivity contribution is -0.119. The van der Waals surface area contributed by atoms with E-state index in [1.807, 2.05) is 18.2 Å². The third-order valence-corrected chi connectivity index (χ3v) is 4.92. The Bertz CT molecular complexity index is 522. The van der Waals surface area contributed by atoms with E-state index in [0.717, 1.165) is 49.5 Å². The standard InChI is InChI=1S/C15H17NO3/c17-9-15(8-16-5-3-11(15)4-6-16)12-1-2-13-14(7-12)19-10-18-13/h1-2,7,9,11H,3-6,8,10H2. The molecule has 100 valence electrons. The van der Waals surface area contributed by atoms with Crippen molar-refractivity contribution in [2.45, 2.75) is 18.3 Å². The molecule has 1 atom stereocenters.